The van der Waals surface area contributed by atoms with Crippen molar-refractivity contribution in [2.75, 3.05) is 7.05 Å². The summed E-state index contributed by atoms with van der Waals surface area (Å²) < 4.78 is -2.93. The van der Waals surface area contributed by atoms with Crippen LogP contribution in [-0.4, -0.2) is 30.4 Å². The monoisotopic (exact) mass is 472 g/mol. The Kier molecular flexibility index (Phi) is 8.74. The van der Waals surface area contributed by atoms with E-state index in [-0.39, 0.29) is 24.3 Å². The molecule has 3 nitrogen and oxygen atoms in total. The smallest absolute Gasteiger partial charge is 0.223 e. The van der Waals surface area contributed by atoms with Crippen molar-refractivity contribution in [3.05, 3.63) is 16.6 Å². The van der Waals surface area contributed by atoms with Gasteiger partial charge >= 0.3 is 0 Å². The molecule has 1 rings (SSSR count). The Morgan fingerprint density at radius 2 is 1.71 bits per heavy atom. The van der Waals surface area contributed by atoms with Gasteiger partial charge in [-0.3, -0.25) is 4.79 Å². The number of aromatic nitrogens is 1. The second kappa shape index (κ2) is 9.16. The molecule has 0 bridgehead atoms. The van der Waals surface area contributed by atoms with Gasteiger partial charge in [0.2, 0.25) is 5.91 Å². The summed E-state index contributed by atoms with van der Waals surface area (Å²) in [6.45, 7) is 3.52. The van der Waals surface area contributed by atoms with E-state index in [4.69, 9.17) is 69.6 Å². The Hall–Kier alpha value is 0.840. The normalized spacial score (nSPS) is 16.5. The molecule has 0 saturated carbocycles. The van der Waals surface area contributed by atoms with Crippen LogP contribution in [0.5, 0.6) is 0 Å². The Morgan fingerprint density at radius 1 is 1.17 bits per heavy atom. The van der Waals surface area contributed by atoms with Crippen molar-refractivity contribution in [3.8, 4) is 0 Å². The van der Waals surface area contributed by atoms with E-state index in [2.05, 4.69) is 4.98 Å². The average Bonchev–Trinajstić information content (AvgIpc) is 2.95. The van der Waals surface area contributed by atoms with Crippen molar-refractivity contribution in [3.63, 3.8) is 0 Å². The zero-order valence-electron chi connectivity index (χ0n) is 13.3. The molecule has 0 saturated heterocycles. The Bertz CT molecular complexity index is 528. The summed E-state index contributed by atoms with van der Waals surface area (Å²) in [6.07, 6.45) is 2.22. The number of thiazole rings is 1. The van der Waals surface area contributed by atoms with Gasteiger partial charge in [-0.05, 0) is 6.42 Å². The molecule has 1 heterocycles. The fourth-order valence-corrected chi connectivity index (χ4v) is 3.28. The van der Waals surface area contributed by atoms with Crippen molar-refractivity contribution in [1.82, 2.24) is 9.88 Å². The van der Waals surface area contributed by atoms with Gasteiger partial charge < -0.3 is 4.90 Å². The van der Waals surface area contributed by atoms with E-state index >= 15 is 0 Å². The van der Waals surface area contributed by atoms with Gasteiger partial charge in [0.15, 0.2) is 7.59 Å². The first kappa shape index (κ1) is 22.9. The predicted molar refractivity (Wildman–Crippen MR) is 106 cm³/mol. The number of rotatable bonds is 6. The van der Waals surface area contributed by atoms with E-state index in [1.54, 1.807) is 25.1 Å². The predicted octanol–water partition coefficient (Wildman–Crippen LogP) is 6.44. The fourth-order valence-electron chi connectivity index (χ4n) is 1.99. The summed E-state index contributed by atoms with van der Waals surface area (Å²) in [5.41, 5.74) is 0. The highest BCUT2D eigenvalue weighted by Crippen LogP contribution is 2.42. The largest absolute Gasteiger partial charge is 0.336 e. The first-order valence-corrected chi connectivity index (χ1v) is 10.3. The van der Waals surface area contributed by atoms with Crippen LogP contribution in [0.2, 0.25) is 0 Å². The number of carbonyl (C=O) groups is 1. The third kappa shape index (κ3) is 6.86. The minimum absolute atomic E-state index is 0.0943. The number of carbonyl (C=O) groups excluding carboxylic acids is 1. The Labute approximate surface area is 176 Å². The lowest BCUT2D eigenvalue weighted by atomic mass is 10.0. The third-order valence-electron chi connectivity index (χ3n) is 3.77. The zero-order chi connectivity index (χ0) is 18.7. The van der Waals surface area contributed by atoms with Gasteiger partial charge in [-0.2, -0.15) is 0 Å². The average molecular weight is 475 g/mol. The van der Waals surface area contributed by atoms with Gasteiger partial charge in [0.05, 0.1) is 6.04 Å². The third-order valence-corrected chi connectivity index (χ3v) is 6.88. The highest BCUT2D eigenvalue weighted by molar-refractivity contribution is 7.09. The molecule has 1 aromatic heterocycles. The number of amides is 1. The van der Waals surface area contributed by atoms with Gasteiger partial charge in [-0.15, -0.1) is 11.3 Å². The summed E-state index contributed by atoms with van der Waals surface area (Å²) in [5.74, 6) is -0.872. The number of alkyl halides is 6. The van der Waals surface area contributed by atoms with Crippen molar-refractivity contribution in [1.29, 1.82) is 0 Å². The molecule has 10 heteroatoms. The van der Waals surface area contributed by atoms with Crippen LogP contribution in [0.1, 0.15) is 37.7 Å². The molecule has 0 aliphatic heterocycles. The topological polar surface area (TPSA) is 33.2 Å². The zero-order valence-corrected chi connectivity index (χ0v) is 18.6. The van der Waals surface area contributed by atoms with Gasteiger partial charge in [-0.1, -0.05) is 83.5 Å². The lowest BCUT2D eigenvalue weighted by Gasteiger charge is -2.32. The maximum Gasteiger partial charge on any atom is 0.223 e. The summed E-state index contributed by atoms with van der Waals surface area (Å²) >= 11 is 36.9. The second-order valence-corrected chi connectivity index (χ2v) is 11.4. The van der Waals surface area contributed by atoms with Crippen molar-refractivity contribution in [2.45, 2.75) is 40.3 Å². The van der Waals surface area contributed by atoms with Crippen LogP contribution in [0, 0.1) is 11.8 Å². The minimum Gasteiger partial charge on any atom is -0.336 e. The number of hydrogen-bond donors (Lipinski definition) is 0. The van der Waals surface area contributed by atoms with Gasteiger partial charge in [-0.25, -0.2) is 4.98 Å². The van der Waals surface area contributed by atoms with Crippen LogP contribution < -0.4 is 0 Å². The summed E-state index contributed by atoms with van der Waals surface area (Å²) in [4.78, 5) is 18.5. The molecule has 0 spiro atoms. The van der Waals surface area contributed by atoms with Crippen molar-refractivity contribution in [2.24, 2.45) is 11.8 Å². The lowest BCUT2D eigenvalue weighted by molar-refractivity contribution is -0.133. The molecule has 3 atom stereocenters. The molecular weight excluding hydrogens is 457 g/mol. The molecule has 1 aromatic rings. The van der Waals surface area contributed by atoms with Crippen LogP contribution in [0.15, 0.2) is 11.6 Å². The van der Waals surface area contributed by atoms with E-state index in [1.807, 2.05) is 12.3 Å². The first-order valence-electron chi connectivity index (χ1n) is 7.12. The molecule has 0 aliphatic carbocycles. The Morgan fingerprint density at radius 3 is 2.12 bits per heavy atom. The highest BCUT2D eigenvalue weighted by Gasteiger charge is 2.36. The SMILES string of the molecule is C[C@@H](CC(=O)N(C)[C@@H](C[C@H](C)C(Cl)(Cl)Cl)c1nccs1)C(Cl)(Cl)Cl. The first-order chi connectivity index (χ1) is 10.8. The molecule has 0 fully saturated rings. The standard InChI is InChI=1S/C14H18Cl6N2OS/c1-8(13(15,16)17)6-10(12-21-4-5-24-12)22(3)11(23)7-9(2)14(18,19)20/h4-5,8-10H,6-7H2,1-3H3/t8-,9-,10-/m0/s1. The second-order valence-electron chi connectivity index (χ2n) is 5.72. The quantitative estimate of drug-likeness (QED) is 0.445. The molecule has 1 amide bonds. The minimum atomic E-state index is -1.50. The van der Waals surface area contributed by atoms with Gasteiger partial charge in [0, 0.05) is 36.9 Å². The molecule has 0 radical (unpaired) electrons. The van der Waals surface area contributed by atoms with E-state index in [0.29, 0.717) is 6.42 Å². The Balaban J connectivity index is 2.93. The van der Waals surface area contributed by atoms with E-state index in [1.165, 1.54) is 11.3 Å². The summed E-state index contributed by atoms with van der Waals surface area (Å²) in [5, 5.41) is 2.61. The van der Waals surface area contributed by atoms with E-state index < -0.39 is 13.5 Å². The van der Waals surface area contributed by atoms with Crippen LogP contribution >= 0.6 is 80.9 Å². The number of hydrogen-bond acceptors (Lipinski definition) is 3. The number of halogens is 6. The molecule has 138 valence electrons. The fraction of sp³-hybridized carbons (Fsp3) is 0.714. The van der Waals surface area contributed by atoms with Crippen molar-refractivity contribution < 1.29 is 4.79 Å². The maximum atomic E-state index is 12.6. The molecule has 0 aromatic carbocycles. The van der Waals surface area contributed by atoms with Crippen molar-refractivity contribution >= 4 is 86.8 Å². The summed E-state index contributed by atoms with van der Waals surface area (Å²) in [7, 11) is 1.69. The van der Waals surface area contributed by atoms with Crippen LogP contribution in [0.3, 0.4) is 0 Å². The van der Waals surface area contributed by atoms with Crippen LogP contribution in [-0.2, 0) is 4.79 Å². The molecule has 0 unspecified atom stereocenters. The van der Waals surface area contributed by atoms with Gasteiger partial charge in [0.1, 0.15) is 5.01 Å². The molecular formula is C14H18Cl6N2OS. The van der Waals surface area contributed by atoms with E-state index in [9.17, 15) is 4.79 Å². The molecule has 0 N–H and O–H groups in total. The number of nitrogens with zero attached hydrogens (tertiary/aromatic N) is 2. The van der Waals surface area contributed by atoms with Gasteiger partial charge in [0.25, 0.3) is 0 Å². The van der Waals surface area contributed by atoms with E-state index in [0.717, 1.165) is 5.01 Å². The lowest BCUT2D eigenvalue weighted by Crippen LogP contribution is -2.36. The highest BCUT2D eigenvalue weighted by atomic mass is 35.6. The maximum absolute atomic E-state index is 12.6. The van der Waals surface area contributed by atoms with Crippen LogP contribution in [0.4, 0.5) is 0 Å². The molecule has 24 heavy (non-hydrogen) atoms. The summed E-state index contributed by atoms with van der Waals surface area (Å²) in [6, 6.07) is -0.314. The van der Waals surface area contributed by atoms with Crippen LogP contribution in [0.25, 0.3) is 0 Å². The molecule has 0 aliphatic rings.